The number of benzene rings is 3. The number of hydrogen-bond donors (Lipinski definition) is 2. The van der Waals surface area contributed by atoms with Crippen LogP contribution >= 0.6 is 11.8 Å². The lowest BCUT2D eigenvalue weighted by molar-refractivity contribution is -0.113. The summed E-state index contributed by atoms with van der Waals surface area (Å²) in [4.78, 5) is 12.1. The minimum atomic E-state index is -3.85. The zero-order valence-corrected chi connectivity index (χ0v) is 17.3. The summed E-state index contributed by atoms with van der Waals surface area (Å²) in [6, 6.07) is 17.0. The highest BCUT2D eigenvalue weighted by atomic mass is 32.2. The summed E-state index contributed by atoms with van der Waals surface area (Å²) >= 11 is 1.27. The summed E-state index contributed by atoms with van der Waals surface area (Å²) in [5.41, 5.74) is 1.20. The van der Waals surface area contributed by atoms with Gasteiger partial charge in [-0.1, -0.05) is 18.2 Å². The topological polar surface area (TPSA) is 75.3 Å². The zero-order valence-electron chi connectivity index (χ0n) is 15.6. The van der Waals surface area contributed by atoms with Crippen molar-refractivity contribution in [1.29, 1.82) is 0 Å². The Labute approximate surface area is 177 Å². The molecule has 0 fully saturated rings. The van der Waals surface area contributed by atoms with Gasteiger partial charge >= 0.3 is 0 Å². The molecule has 3 aromatic rings. The number of hydrogen-bond acceptors (Lipinski definition) is 4. The predicted molar refractivity (Wildman–Crippen MR) is 115 cm³/mol. The third-order valence-corrected chi connectivity index (χ3v) is 6.37. The number of carbonyl (C=O) groups is 1. The lowest BCUT2D eigenvalue weighted by atomic mass is 10.2. The van der Waals surface area contributed by atoms with E-state index in [1.54, 1.807) is 18.2 Å². The van der Waals surface area contributed by atoms with Crippen molar-refractivity contribution in [3.63, 3.8) is 0 Å². The van der Waals surface area contributed by atoms with Gasteiger partial charge in [0.25, 0.3) is 10.0 Å². The maximum Gasteiger partial charge on any atom is 0.261 e. The fourth-order valence-corrected chi connectivity index (χ4v) is 4.39. The van der Waals surface area contributed by atoms with E-state index in [0.29, 0.717) is 17.0 Å². The van der Waals surface area contributed by atoms with E-state index in [4.69, 9.17) is 0 Å². The lowest BCUT2D eigenvalue weighted by Crippen LogP contribution is -2.15. The van der Waals surface area contributed by atoms with Crippen molar-refractivity contribution in [2.45, 2.75) is 10.6 Å². The van der Waals surface area contributed by atoms with Gasteiger partial charge in [-0.25, -0.2) is 17.2 Å². The molecule has 9 heteroatoms. The third kappa shape index (κ3) is 6.04. The van der Waals surface area contributed by atoms with Crippen LogP contribution in [0.5, 0.6) is 0 Å². The first-order valence-corrected chi connectivity index (χ1v) is 11.5. The molecule has 0 aromatic heterocycles. The van der Waals surface area contributed by atoms with Crippen LogP contribution in [0.4, 0.5) is 20.2 Å². The Balaban J connectivity index is 1.54. The predicted octanol–water partition coefficient (Wildman–Crippen LogP) is 4.64. The van der Waals surface area contributed by atoms with E-state index in [2.05, 4.69) is 10.0 Å². The smallest absolute Gasteiger partial charge is 0.261 e. The van der Waals surface area contributed by atoms with Gasteiger partial charge in [-0.05, 0) is 60.2 Å². The summed E-state index contributed by atoms with van der Waals surface area (Å²) in [7, 11) is -3.85. The van der Waals surface area contributed by atoms with Crippen LogP contribution in [0.25, 0.3) is 0 Å². The van der Waals surface area contributed by atoms with Crippen molar-refractivity contribution in [3.8, 4) is 0 Å². The highest BCUT2D eigenvalue weighted by Crippen LogP contribution is 2.19. The molecule has 0 aliphatic rings. The molecule has 0 unspecified atom stereocenters. The van der Waals surface area contributed by atoms with Crippen LogP contribution in [0.2, 0.25) is 0 Å². The Morgan fingerprint density at radius 1 is 0.867 bits per heavy atom. The van der Waals surface area contributed by atoms with Gasteiger partial charge in [0.15, 0.2) is 0 Å². The minimum absolute atomic E-state index is 0.00116. The van der Waals surface area contributed by atoms with Crippen molar-refractivity contribution < 1.29 is 22.0 Å². The highest BCUT2D eigenvalue weighted by molar-refractivity contribution is 7.99. The van der Waals surface area contributed by atoms with Crippen molar-refractivity contribution in [2.24, 2.45) is 0 Å². The third-order valence-electron chi connectivity index (χ3n) is 3.99. The van der Waals surface area contributed by atoms with Crippen molar-refractivity contribution in [1.82, 2.24) is 0 Å². The van der Waals surface area contributed by atoms with E-state index in [9.17, 15) is 22.0 Å². The number of carbonyl (C=O) groups excluding carboxylic acids is 1. The average Bonchev–Trinajstić information content (AvgIpc) is 2.71. The Morgan fingerprint density at radius 3 is 2.17 bits per heavy atom. The first-order chi connectivity index (χ1) is 14.3. The molecule has 0 saturated heterocycles. The highest BCUT2D eigenvalue weighted by Gasteiger charge is 2.14. The van der Waals surface area contributed by atoms with Crippen LogP contribution in [-0.4, -0.2) is 20.1 Å². The van der Waals surface area contributed by atoms with Crippen LogP contribution in [0, 0.1) is 11.6 Å². The number of anilines is 2. The molecular weight excluding hydrogens is 430 g/mol. The molecule has 0 saturated carbocycles. The molecule has 156 valence electrons. The molecule has 1 amide bonds. The molecule has 3 rings (SSSR count). The molecule has 0 aliphatic carbocycles. The van der Waals surface area contributed by atoms with E-state index in [-0.39, 0.29) is 28.1 Å². The number of thioether (sulfide) groups is 1. The molecule has 0 radical (unpaired) electrons. The quantitative estimate of drug-likeness (QED) is 0.527. The Morgan fingerprint density at radius 2 is 1.50 bits per heavy atom. The molecule has 0 atom stereocenters. The Bertz CT molecular complexity index is 1120. The fourth-order valence-electron chi connectivity index (χ4n) is 2.52. The van der Waals surface area contributed by atoms with Gasteiger partial charge in [-0.3, -0.25) is 9.52 Å². The van der Waals surface area contributed by atoms with Crippen LogP contribution < -0.4 is 10.0 Å². The van der Waals surface area contributed by atoms with Gasteiger partial charge < -0.3 is 5.32 Å². The average molecular weight is 449 g/mol. The summed E-state index contributed by atoms with van der Waals surface area (Å²) in [6.45, 7) is 0. The molecule has 0 bridgehead atoms. The monoisotopic (exact) mass is 448 g/mol. The molecule has 0 aliphatic heterocycles. The first kappa shape index (κ1) is 21.8. The molecule has 3 aromatic carbocycles. The normalized spacial score (nSPS) is 11.1. The lowest BCUT2D eigenvalue weighted by Gasteiger charge is -2.10. The number of sulfonamides is 1. The van der Waals surface area contributed by atoms with Crippen LogP contribution in [0.3, 0.4) is 0 Å². The van der Waals surface area contributed by atoms with Crippen LogP contribution in [-0.2, 0) is 20.6 Å². The van der Waals surface area contributed by atoms with Gasteiger partial charge in [0.1, 0.15) is 11.6 Å². The number of nitrogens with one attached hydrogen (secondary N) is 2. The van der Waals surface area contributed by atoms with E-state index < -0.39 is 15.8 Å². The largest absolute Gasteiger partial charge is 0.325 e. The van der Waals surface area contributed by atoms with Crippen LogP contribution in [0.1, 0.15) is 5.56 Å². The number of rotatable bonds is 8. The molecule has 30 heavy (non-hydrogen) atoms. The molecule has 0 heterocycles. The molecule has 5 nitrogen and oxygen atoms in total. The summed E-state index contributed by atoms with van der Waals surface area (Å²) in [6.07, 6.45) is 0. The second-order valence-electron chi connectivity index (χ2n) is 6.27. The van der Waals surface area contributed by atoms with E-state index >= 15 is 0 Å². The summed E-state index contributed by atoms with van der Waals surface area (Å²) in [5.74, 6) is -0.565. The van der Waals surface area contributed by atoms with Crippen LogP contribution in [0.15, 0.2) is 77.7 Å². The maximum absolute atomic E-state index is 13.6. The molecule has 2 N–H and O–H groups in total. The molecule has 0 spiro atoms. The Kier molecular flexibility index (Phi) is 7.07. The minimum Gasteiger partial charge on any atom is -0.325 e. The van der Waals surface area contributed by atoms with Crippen molar-refractivity contribution >= 4 is 39.1 Å². The Hall–Kier alpha value is -2.91. The van der Waals surface area contributed by atoms with Gasteiger partial charge in [-0.15, -0.1) is 11.8 Å². The fraction of sp³-hybridized carbons (Fsp3) is 0.0952. The van der Waals surface area contributed by atoms with Gasteiger partial charge in [0.2, 0.25) is 5.91 Å². The van der Waals surface area contributed by atoms with Gasteiger partial charge in [0.05, 0.1) is 10.6 Å². The van der Waals surface area contributed by atoms with Crippen molar-refractivity contribution in [3.05, 3.63) is 90.0 Å². The maximum atomic E-state index is 13.6. The van der Waals surface area contributed by atoms with Gasteiger partial charge in [0, 0.05) is 17.1 Å². The van der Waals surface area contributed by atoms with E-state index in [1.807, 2.05) is 0 Å². The first-order valence-electron chi connectivity index (χ1n) is 8.83. The zero-order chi connectivity index (χ0) is 21.6. The van der Waals surface area contributed by atoms with Crippen molar-refractivity contribution in [2.75, 3.05) is 15.8 Å². The van der Waals surface area contributed by atoms with Gasteiger partial charge in [-0.2, -0.15) is 0 Å². The summed E-state index contributed by atoms with van der Waals surface area (Å²) < 4.78 is 53.7. The SMILES string of the molecule is O=C(CSCc1ccccc1F)Nc1ccc(S(=O)(=O)Nc2ccc(F)cc2)cc1. The molecular formula is C21H18F2N2O3S2. The number of halogens is 2. The second kappa shape index (κ2) is 9.73. The van der Waals surface area contributed by atoms with E-state index in [1.165, 1.54) is 54.2 Å². The standard InChI is InChI=1S/C21H18F2N2O3S2/c22-16-5-7-18(8-6-16)25-30(27,28)19-11-9-17(10-12-19)24-21(26)14-29-13-15-3-1-2-4-20(15)23/h1-12,25H,13-14H2,(H,24,26). The second-order valence-corrected chi connectivity index (χ2v) is 8.94. The number of amides is 1. The summed E-state index contributed by atoms with van der Waals surface area (Å²) in [5, 5.41) is 2.67. The van der Waals surface area contributed by atoms with E-state index in [0.717, 1.165) is 12.1 Å².